The number of benzene rings is 1. The minimum Gasteiger partial charge on any atom is -0.445 e. The molecule has 1 saturated heterocycles. The van der Waals surface area contributed by atoms with E-state index in [-0.39, 0.29) is 19.0 Å². The van der Waals surface area contributed by atoms with Crippen molar-refractivity contribution in [3.63, 3.8) is 0 Å². The first kappa shape index (κ1) is 18.7. The summed E-state index contributed by atoms with van der Waals surface area (Å²) >= 11 is 1.60. The molecule has 1 amide bonds. The van der Waals surface area contributed by atoms with Gasteiger partial charge in [-0.15, -0.1) is 23.7 Å². The maximum Gasteiger partial charge on any atom is 0.407 e. The highest BCUT2D eigenvalue weighted by Crippen LogP contribution is 2.26. The monoisotopic (exact) mass is 367 g/mol. The summed E-state index contributed by atoms with van der Waals surface area (Å²) in [6.45, 7) is 2.82. The number of aromatic nitrogens is 1. The first-order chi connectivity index (χ1) is 11.3. The molecule has 1 aromatic carbocycles. The molecule has 7 heteroatoms. The van der Waals surface area contributed by atoms with E-state index in [1.807, 2.05) is 30.3 Å². The average molecular weight is 368 g/mol. The van der Waals surface area contributed by atoms with Crippen molar-refractivity contribution in [3.05, 3.63) is 52.0 Å². The van der Waals surface area contributed by atoms with Crippen molar-refractivity contribution in [2.24, 2.45) is 0 Å². The summed E-state index contributed by atoms with van der Waals surface area (Å²) in [6.07, 6.45) is 1.86. The summed E-state index contributed by atoms with van der Waals surface area (Å²) in [5, 5.41) is 9.16. The Hall–Kier alpha value is -1.63. The van der Waals surface area contributed by atoms with Gasteiger partial charge in [0.1, 0.15) is 11.6 Å². The lowest BCUT2D eigenvalue weighted by molar-refractivity contribution is 0.139. The summed E-state index contributed by atoms with van der Waals surface area (Å²) in [6, 6.07) is 9.65. The third kappa shape index (κ3) is 5.47. The summed E-state index contributed by atoms with van der Waals surface area (Å²) in [4.78, 5) is 16.4. The zero-order valence-electron chi connectivity index (χ0n) is 13.4. The highest BCUT2D eigenvalue weighted by Gasteiger charge is 2.18. The molecule has 0 saturated carbocycles. The number of hydrogen-bond donors (Lipinski definition) is 2. The quantitative estimate of drug-likeness (QED) is 0.849. The first-order valence-electron chi connectivity index (χ1n) is 7.91. The number of hydrogen-bond acceptors (Lipinski definition) is 5. The van der Waals surface area contributed by atoms with E-state index in [0.717, 1.165) is 42.2 Å². The Balaban J connectivity index is 0.00000208. The van der Waals surface area contributed by atoms with Gasteiger partial charge < -0.3 is 15.4 Å². The number of piperidine rings is 1. The van der Waals surface area contributed by atoms with Crippen LogP contribution in [0, 0.1) is 0 Å². The molecule has 2 heterocycles. The van der Waals surface area contributed by atoms with Gasteiger partial charge in [0.25, 0.3) is 0 Å². The molecule has 0 unspecified atom stereocenters. The molecule has 2 N–H and O–H groups in total. The molecule has 0 spiro atoms. The highest BCUT2D eigenvalue weighted by molar-refractivity contribution is 7.09. The molecule has 0 atom stereocenters. The fraction of sp³-hybridized carbons (Fsp3) is 0.412. The van der Waals surface area contributed by atoms with Crippen molar-refractivity contribution in [3.8, 4) is 0 Å². The average Bonchev–Trinajstić information content (AvgIpc) is 3.09. The van der Waals surface area contributed by atoms with Crippen LogP contribution < -0.4 is 10.6 Å². The van der Waals surface area contributed by atoms with E-state index in [9.17, 15) is 4.79 Å². The largest absolute Gasteiger partial charge is 0.445 e. The van der Waals surface area contributed by atoms with E-state index in [0.29, 0.717) is 12.5 Å². The number of alkyl carbamates (subject to hydrolysis) is 1. The zero-order chi connectivity index (χ0) is 15.9. The molecule has 130 valence electrons. The van der Waals surface area contributed by atoms with Crippen LogP contribution in [0.1, 0.15) is 35.0 Å². The van der Waals surface area contributed by atoms with Crippen molar-refractivity contribution in [1.29, 1.82) is 0 Å². The fourth-order valence-electron chi connectivity index (χ4n) is 2.63. The van der Waals surface area contributed by atoms with Gasteiger partial charge in [-0.25, -0.2) is 9.78 Å². The van der Waals surface area contributed by atoms with Gasteiger partial charge in [-0.05, 0) is 31.5 Å². The summed E-state index contributed by atoms with van der Waals surface area (Å²) < 4.78 is 5.19. The molecule has 5 nitrogen and oxygen atoms in total. The predicted octanol–water partition coefficient (Wildman–Crippen LogP) is 3.46. The second-order valence-corrected chi connectivity index (χ2v) is 6.55. The maximum absolute atomic E-state index is 11.7. The summed E-state index contributed by atoms with van der Waals surface area (Å²) in [5.41, 5.74) is 2.14. The number of nitrogens with one attached hydrogen (secondary N) is 2. The molecule has 3 rings (SSSR count). The lowest BCUT2D eigenvalue weighted by Gasteiger charge is -2.20. The van der Waals surface area contributed by atoms with Crippen LogP contribution in [0.4, 0.5) is 4.79 Å². The number of carbonyl (C=O) groups is 1. The van der Waals surface area contributed by atoms with Crippen molar-refractivity contribution >= 4 is 29.8 Å². The maximum atomic E-state index is 11.7. The van der Waals surface area contributed by atoms with Crippen LogP contribution >= 0.6 is 23.7 Å². The second-order valence-electron chi connectivity index (χ2n) is 5.61. The van der Waals surface area contributed by atoms with Crippen LogP contribution in [0.25, 0.3) is 0 Å². The Morgan fingerprint density at radius 1 is 1.29 bits per heavy atom. The van der Waals surface area contributed by atoms with E-state index in [1.54, 1.807) is 11.3 Å². The number of halogens is 1. The molecule has 0 bridgehead atoms. The molecule has 0 aliphatic carbocycles. The number of rotatable bonds is 5. The van der Waals surface area contributed by atoms with Gasteiger partial charge >= 0.3 is 6.09 Å². The minimum absolute atomic E-state index is 0. The molecule has 1 fully saturated rings. The lowest BCUT2D eigenvalue weighted by atomic mass is 9.95. The van der Waals surface area contributed by atoms with Crippen LogP contribution in [0.15, 0.2) is 35.7 Å². The van der Waals surface area contributed by atoms with E-state index < -0.39 is 6.09 Å². The molecule has 0 radical (unpaired) electrons. The van der Waals surface area contributed by atoms with Crippen LogP contribution in [0.5, 0.6) is 0 Å². The Morgan fingerprint density at radius 2 is 2.04 bits per heavy atom. The second kappa shape index (κ2) is 9.61. The summed E-state index contributed by atoms with van der Waals surface area (Å²) in [7, 11) is 0. The number of nitrogens with zero attached hydrogens (tertiary/aromatic N) is 1. The first-order valence-corrected chi connectivity index (χ1v) is 8.79. The molecule has 1 aromatic heterocycles. The van der Waals surface area contributed by atoms with Crippen molar-refractivity contribution < 1.29 is 9.53 Å². The Morgan fingerprint density at radius 3 is 2.79 bits per heavy atom. The van der Waals surface area contributed by atoms with Gasteiger partial charge in [0, 0.05) is 11.3 Å². The fourth-order valence-corrected chi connectivity index (χ4v) is 3.45. The lowest BCUT2D eigenvalue weighted by Crippen LogP contribution is -2.27. The van der Waals surface area contributed by atoms with Gasteiger partial charge in [-0.2, -0.15) is 0 Å². The molecule has 2 aromatic rings. The topological polar surface area (TPSA) is 63.2 Å². The van der Waals surface area contributed by atoms with Gasteiger partial charge in [-0.1, -0.05) is 30.3 Å². The standard InChI is InChI=1S/C17H21N3O2S.ClH/c21-17(22-11-13-4-2-1-3-5-13)19-10-16-20-15(12-23-16)14-6-8-18-9-7-14;/h1-5,12,14,18H,6-11H2,(H,19,21);1H. The molecule has 1 aliphatic heterocycles. The van der Waals surface area contributed by atoms with E-state index in [2.05, 4.69) is 21.0 Å². The summed E-state index contributed by atoms with van der Waals surface area (Å²) in [5.74, 6) is 0.547. The SMILES string of the molecule is Cl.O=C(NCc1nc(C2CCNCC2)cs1)OCc1ccccc1. The Bertz CT molecular complexity index is 630. The van der Waals surface area contributed by atoms with Gasteiger partial charge in [0.15, 0.2) is 0 Å². The molecular formula is C17H22ClN3O2S. The van der Waals surface area contributed by atoms with Gasteiger partial charge in [0.2, 0.25) is 0 Å². The molecule has 24 heavy (non-hydrogen) atoms. The van der Waals surface area contributed by atoms with Crippen LogP contribution in [-0.4, -0.2) is 24.2 Å². The predicted molar refractivity (Wildman–Crippen MR) is 97.7 cm³/mol. The zero-order valence-corrected chi connectivity index (χ0v) is 15.0. The Labute approximate surface area is 152 Å². The van der Waals surface area contributed by atoms with Crippen molar-refractivity contribution in [2.75, 3.05) is 13.1 Å². The van der Waals surface area contributed by atoms with Gasteiger partial charge in [0.05, 0.1) is 12.2 Å². The number of ether oxygens (including phenoxy) is 1. The van der Waals surface area contributed by atoms with Crippen LogP contribution in [0.3, 0.4) is 0 Å². The van der Waals surface area contributed by atoms with Gasteiger partial charge in [-0.3, -0.25) is 0 Å². The molecule has 1 aliphatic rings. The highest BCUT2D eigenvalue weighted by atomic mass is 35.5. The van der Waals surface area contributed by atoms with Crippen LogP contribution in [0.2, 0.25) is 0 Å². The van der Waals surface area contributed by atoms with E-state index in [4.69, 9.17) is 4.74 Å². The van der Waals surface area contributed by atoms with Crippen molar-refractivity contribution in [1.82, 2.24) is 15.6 Å². The third-order valence-electron chi connectivity index (χ3n) is 3.92. The van der Waals surface area contributed by atoms with Crippen molar-refractivity contribution in [2.45, 2.75) is 31.9 Å². The number of carbonyl (C=O) groups excluding carboxylic acids is 1. The minimum atomic E-state index is -0.410. The van der Waals surface area contributed by atoms with E-state index >= 15 is 0 Å². The number of amides is 1. The smallest absolute Gasteiger partial charge is 0.407 e. The van der Waals surface area contributed by atoms with Crippen LogP contribution in [-0.2, 0) is 17.9 Å². The Kier molecular flexibility index (Phi) is 7.49. The third-order valence-corrected chi connectivity index (χ3v) is 4.79. The molecular weight excluding hydrogens is 346 g/mol. The normalized spacial score (nSPS) is 14.7. The number of thiazole rings is 1. The van der Waals surface area contributed by atoms with E-state index in [1.165, 1.54) is 0 Å².